The first kappa shape index (κ1) is 4.95. The van der Waals surface area contributed by atoms with Gasteiger partial charge in [0.2, 0.25) is 0 Å². The van der Waals surface area contributed by atoms with Gasteiger partial charge < -0.3 is 10.5 Å². The van der Waals surface area contributed by atoms with Gasteiger partial charge in [-0.05, 0) is 13.1 Å². The normalized spacial score (nSPS) is 21.0. The molecule has 1 aliphatic rings. The lowest BCUT2D eigenvalue weighted by molar-refractivity contribution is 0.312. The minimum Gasteiger partial charge on any atom is -0.497 e. The first-order chi connectivity index (χ1) is 3.29. The summed E-state index contributed by atoms with van der Waals surface area (Å²) in [5.41, 5.74) is 3.61. The molecule has 0 saturated carbocycles. The molecule has 1 rings (SSSR count). The van der Waals surface area contributed by atoms with Gasteiger partial charge in [0.25, 0.3) is 0 Å². The van der Waals surface area contributed by atoms with Crippen molar-refractivity contribution in [2.45, 2.75) is 0 Å². The standard InChI is InChI=1S/C2H8N5/c3-7(4)5-6-1-2-6/h1-4H2/q-1. The number of nitrogens with two attached hydrogens (primary N) is 2. The molecule has 0 aromatic rings. The zero-order valence-corrected chi connectivity index (χ0v) is 3.91. The molecule has 0 aliphatic carbocycles. The molecule has 0 aromatic carbocycles. The highest BCUT2D eigenvalue weighted by atomic mass is 15.9. The quantitative estimate of drug-likeness (QED) is 0.254. The average molecular weight is 102 g/mol. The molecule has 42 valence electrons. The summed E-state index contributed by atoms with van der Waals surface area (Å²) in [5.74, 6) is 9.87. The summed E-state index contributed by atoms with van der Waals surface area (Å²) < 4.78 is 0. The predicted molar refractivity (Wildman–Crippen MR) is 25.1 cm³/mol. The first-order valence-corrected chi connectivity index (χ1v) is 2.05. The van der Waals surface area contributed by atoms with Crippen LogP contribution >= 0.6 is 0 Å². The Morgan fingerprint density at radius 2 is 2.00 bits per heavy atom. The van der Waals surface area contributed by atoms with Crippen LogP contribution in [0.2, 0.25) is 0 Å². The molecule has 4 N–H and O–H groups in total. The SMILES string of the molecule is NN(N)[N-]N1CC1. The molecule has 1 heterocycles. The Bertz CT molecular complexity index is 57.1. The van der Waals surface area contributed by atoms with Gasteiger partial charge in [0.05, 0.1) is 0 Å². The molecule has 0 radical (unpaired) electrons. The Morgan fingerprint density at radius 3 is 2.14 bits per heavy atom. The van der Waals surface area contributed by atoms with E-state index in [-0.39, 0.29) is 0 Å². The number of hydrogen-bond acceptors (Lipinski definition) is 4. The van der Waals surface area contributed by atoms with Crippen LogP contribution in [0.5, 0.6) is 0 Å². The van der Waals surface area contributed by atoms with Crippen LogP contribution in [0.4, 0.5) is 0 Å². The summed E-state index contributed by atoms with van der Waals surface area (Å²) in [6.07, 6.45) is 0. The zero-order valence-electron chi connectivity index (χ0n) is 3.91. The van der Waals surface area contributed by atoms with Crippen molar-refractivity contribution >= 4 is 0 Å². The second-order valence-electron chi connectivity index (χ2n) is 1.42. The van der Waals surface area contributed by atoms with E-state index in [2.05, 4.69) is 5.53 Å². The molecule has 1 saturated heterocycles. The van der Waals surface area contributed by atoms with Crippen molar-refractivity contribution in [1.29, 1.82) is 0 Å². The Labute approximate surface area is 41.7 Å². The molecule has 7 heavy (non-hydrogen) atoms. The van der Waals surface area contributed by atoms with E-state index in [1.54, 1.807) is 5.01 Å². The summed E-state index contributed by atoms with van der Waals surface area (Å²) in [4.78, 5) is 0. The van der Waals surface area contributed by atoms with Crippen molar-refractivity contribution < 1.29 is 0 Å². The molecule has 0 amide bonds. The summed E-state index contributed by atoms with van der Waals surface area (Å²) >= 11 is 0. The third-order valence-electron chi connectivity index (χ3n) is 0.653. The number of nitrogens with zero attached hydrogens (tertiary/aromatic N) is 3. The van der Waals surface area contributed by atoms with Crippen molar-refractivity contribution in [3.8, 4) is 0 Å². The van der Waals surface area contributed by atoms with Crippen molar-refractivity contribution in [3.05, 3.63) is 5.53 Å². The topological polar surface area (TPSA) is 72.4 Å². The van der Waals surface area contributed by atoms with E-state index in [0.717, 1.165) is 18.3 Å². The second kappa shape index (κ2) is 1.73. The largest absolute Gasteiger partial charge is 0.497 e. The second-order valence-corrected chi connectivity index (χ2v) is 1.42. The zero-order chi connectivity index (χ0) is 5.28. The smallest absolute Gasteiger partial charge is 0.00714 e. The van der Waals surface area contributed by atoms with E-state index in [4.69, 9.17) is 11.7 Å². The fourth-order valence-electron chi connectivity index (χ4n) is 0.280. The van der Waals surface area contributed by atoms with Gasteiger partial charge in [-0.1, -0.05) is 0 Å². The maximum absolute atomic E-state index is 4.94. The van der Waals surface area contributed by atoms with Gasteiger partial charge in [-0.25, -0.2) is 0 Å². The maximum atomic E-state index is 4.94. The number of hydrogen-bond donors (Lipinski definition) is 2. The fourth-order valence-corrected chi connectivity index (χ4v) is 0.280. The predicted octanol–water partition coefficient (Wildman–Crippen LogP) is -1.44. The Balaban J connectivity index is 1.97. The van der Waals surface area contributed by atoms with Gasteiger partial charge in [0, 0.05) is 0 Å². The minimum absolute atomic E-state index is 0.812. The molecule has 5 heteroatoms. The van der Waals surface area contributed by atoms with Gasteiger partial charge in [0.15, 0.2) is 0 Å². The van der Waals surface area contributed by atoms with E-state index in [1.807, 2.05) is 0 Å². The Hall–Kier alpha value is -0.200. The van der Waals surface area contributed by atoms with Crippen molar-refractivity contribution in [1.82, 2.24) is 10.2 Å². The molecule has 0 bridgehead atoms. The molecule has 0 aromatic heterocycles. The van der Waals surface area contributed by atoms with Crippen molar-refractivity contribution in [2.75, 3.05) is 13.1 Å². The Kier molecular flexibility index (Phi) is 1.22. The Morgan fingerprint density at radius 1 is 1.43 bits per heavy atom. The lowest BCUT2D eigenvalue weighted by atomic mass is 11.0. The van der Waals surface area contributed by atoms with Crippen LogP contribution in [0.25, 0.3) is 5.53 Å². The molecule has 5 nitrogen and oxygen atoms in total. The van der Waals surface area contributed by atoms with Gasteiger partial charge in [-0.2, -0.15) is 0 Å². The van der Waals surface area contributed by atoms with Crippen LogP contribution in [-0.2, 0) is 0 Å². The van der Waals surface area contributed by atoms with Gasteiger partial charge in [-0.15, -0.1) is 0 Å². The minimum atomic E-state index is 0.812. The molecule has 1 aliphatic heterocycles. The van der Waals surface area contributed by atoms with E-state index < -0.39 is 0 Å². The fraction of sp³-hybridized carbons (Fsp3) is 1.00. The first-order valence-electron chi connectivity index (χ1n) is 2.05. The molecule has 1 fully saturated rings. The van der Waals surface area contributed by atoms with Gasteiger partial charge >= 0.3 is 0 Å². The van der Waals surface area contributed by atoms with E-state index in [1.165, 1.54) is 0 Å². The highest BCUT2D eigenvalue weighted by Gasteiger charge is 2.05. The highest BCUT2D eigenvalue weighted by Crippen LogP contribution is 2.08. The number of rotatable bonds is 2. The van der Waals surface area contributed by atoms with Crippen LogP contribution in [0.15, 0.2) is 0 Å². The third kappa shape index (κ3) is 1.81. The number of hydrazine groups is 2. The molecule has 0 atom stereocenters. The molecular weight excluding hydrogens is 94.1 g/mol. The highest BCUT2D eigenvalue weighted by molar-refractivity contribution is 4.79. The van der Waals surface area contributed by atoms with Crippen LogP contribution in [0.3, 0.4) is 0 Å². The van der Waals surface area contributed by atoms with Gasteiger partial charge in [0.1, 0.15) is 0 Å². The van der Waals surface area contributed by atoms with Crippen LogP contribution < -0.4 is 11.7 Å². The molecule has 0 unspecified atom stereocenters. The van der Waals surface area contributed by atoms with E-state index in [0.29, 0.717) is 0 Å². The monoisotopic (exact) mass is 102 g/mol. The summed E-state index contributed by atoms with van der Waals surface area (Å²) in [6, 6.07) is 0. The summed E-state index contributed by atoms with van der Waals surface area (Å²) in [5, 5.41) is 2.56. The van der Waals surface area contributed by atoms with Crippen LogP contribution in [0.1, 0.15) is 0 Å². The summed E-state index contributed by atoms with van der Waals surface area (Å²) in [7, 11) is 0. The maximum Gasteiger partial charge on any atom is -0.00714 e. The van der Waals surface area contributed by atoms with E-state index >= 15 is 0 Å². The molecular formula is C2H8N5-. The van der Waals surface area contributed by atoms with Crippen molar-refractivity contribution in [2.24, 2.45) is 11.7 Å². The molecule has 0 spiro atoms. The lowest BCUT2D eigenvalue weighted by Gasteiger charge is -2.28. The third-order valence-corrected chi connectivity index (χ3v) is 0.653. The average Bonchev–Trinajstić information content (AvgIpc) is 2.17. The van der Waals surface area contributed by atoms with Crippen LogP contribution in [-0.4, -0.2) is 23.3 Å². The van der Waals surface area contributed by atoms with Crippen molar-refractivity contribution in [3.63, 3.8) is 0 Å². The van der Waals surface area contributed by atoms with Gasteiger partial charge in [-0.3, -0.25) is 16.9 Å². The van der Waals surface area contributed by atoms with Crippen LogP contribution in [0, 0.1) is 0 Å². The lowest BCUT2D eigenvalue weighted by Crippen LogP contribution is -2.35. The summed E-state index contributed by atoms with van der Waals surface area (Å²) in [6.45, 7) is 1.95. The van der Waals surface area contributed by atoms with E-state index in [9.17, 15) is 0 Å².